The summed E-state index contributed by atoms with van der Waals surface area (Å²) in [6.07, 6.45) is 2.46. The van der Waals surface area contributed by atoms with Crippen molar-refractivity contribution in [2.75, 3.05) is 11.9 Å². The van der Waals surface area contributed by atoms with E-state index >= 15 is 0 Å². The van der Waals surface area contributed by atoms with Crippen LogP contribution in [-0.2, 0) is 34.2 Å². The normalized spacial score (nSPS) is 13.4. The van der Waals surface area contributed by atoms with Crippen molar-refractivity contribution >= 4 is 32.5 Å². The molecule has 2 N–H and O–H groups in total. The Balaban J connectivity index is 1.45. The average Bonchev–Trinajstić information content (AvgIpc) is 3.21. The number of sulfonamides is 1. The molecular formula is C21H22N4O4S. The second-order valence-electron chi connectivity index (χ2n) is 7.19. The van der Waals surface area contributed by atoms with E-state index in [1.807, 2.05) is 6.92 Å². The first-order valence-electron chi connectivity index (χ1n) is 9.79. The van der Waals surface area contributed by atoms with Crippen molar-refractivity contribution in [3.8, 4) is 0 Å². The fourth-order valence-corrected chi connectivity index (χ4v) is 4.50. The number of carbonyl (C=O) groups excluding carboxylic acids is 1. The molecule has 0 spiro atoms. The molecule has 0 atom stereocenters. The van der Waals surface area contributed by atoms with E-state index in [2.05, 4.69) is 15.0 Å². The van der Waals surface area contributed by atoms with Crippen molar-refractivity contribution in [1.29, 1.82) is 0 Å². The molecule has 0 saturated carbocycles. The van der Waals surface area contributed by atoms with Gasteiger partial charge in [-0.3, -0.25) is 14.2 Å². The lowest BCUT2D eigenvalue weighted by atomic mass is 10.2. The Kier molecular flexibility index (Phi) is 5.40. The number of amides is 1. The lowest BCUT2D eigenvalue weighted by Crippen LogP contribution is -2.32. The van der Waals surface area contributed by atoms with E-state index < -0.39 is 22.5 Å². The summed E-state index contributed by atoms with van der Waals surface area (Å²) in [6.45, 7) is 2.26. The van der Waals surface area contributed by atoms with Crippen LogP contribution < -0.4 is 15.6 Å². The smallest absolute Gasteiger partial charge is 0.261 e. The second kappa shape index (κ2) is 8.00. The molecule has 0 bridgehead atoms. The van der Waals surface area contributed by atoms with Gasteiger partial charge in [-0.1, -0.05) is 19.1 Å². The predicted molar refractivity (Wildman–Crippen MR) is 114 cm³/mol. The fraction of sp³-hybridized carbons (Fsp3) is 0.286. The van der Waals surface area contributed by atoms with Crippen LogP contribution in [0, 0.1) is 0 Å². The standard InChI is InChI=1S/C21H22N4O4S/c1-2-14-5-8-16(9-6-14)30(28,29)22-13-20(26)23-15-7-10-17-18(12-15)24-19-4-3-11-25(19)21(17)27/h5-10,12,22H,2-4,11,13H2,1H3,(H,23,26). The van der Waals surface area contributed by atoms with Gasteiger partial charge in [-0.05, 0) is 48.7 Å². The minimum Gasteiger partial charge on any atom is -0.325 e. The number of anilines is 1. The third-order valence-electron chi connectivity index (χ3n) is 5.16. The summed E-state index contributed by atoms with van der Waals surface area (Å²) >= 11 is 0. The topological polar surface area (TPSA) is 110 Å². The van der Waals surface area contributed by atoms with Gasteiger partial charge in [0.2, 0.25) is 15.9 Å². The first kappa shape index (κ1) is 20.2. The van der Waals surface area contributed by atoms with Crippen LogP contribution in [0.2, 0.25) is 0 Å². The zero-order valence-corrected chi connectivity index (χ0v) is 17.3. The summed E-state index contributed by atoms with van der Waals surface area (Å²) in [5.41, 5.74) is 1.92. The Morgan fingerprint density at radius 3 is 2.67 bits per heavy atom. The van der Waals surface area contributed by atoms with Gasteiger partial charge in [-0.15, -0.1) is 0 Å². The third kappa shape index (κ3) is 3.99. The second-order valence-corrected chi connectivity index (χ2v) is 8.96. The third-order valence-corrected chi connectivity index (χ3v) is 6.58. The fourth-order valence-electron chi connectivity index (χ4n) is 3.51. The van der Waals surface area contributed by atoms with Gasteiger partial charge in [0.15, 0.2) is 0 Å². The van der Waals surface area contributed by atoms with Crippen molar-refractivity contribution < 1.29 is 13.2 Å². The molecule has 9 heteroatoms. The number of fused-ring (bicyclic) bond motifs is 2. The highest BCUT2D eigenvalue weighted by Crippen LogP contribution is 2.18. The number of hydrogen-bond acceptors (Lipinski definition) is 5. The van der Waals surface area contributed by atoms with Gasteiger partial charge in [-0.2, -0.15) is 0 Å². The molecule has 156 valence electrons. The van der Waals surface area contributed by atoms with Crippen molar-refractivity contribution in [2.24, 2.45) is 0 Å². The van der Waals surface area contributed by atoms with Crippen molar-refractivity contribution in [3.63, 3.8) is 0 Å². The molecule has 0 aliphatic carbocycles. The average molecular weight is 426 g/mol. The van der Waals surface area contributed by atoms with Crippen LogP contribution in [0.5, 0.6) is 0 Å². The van der Waals surface area contributed by atoms with Gasteiger partial charge in [-0.25, -0.2) is 18.1 Å². The zero-order chi connectivity index (χ0) is 21.3. The Labute approximate surface area is 174 Å². The molecule has 1 amide bonds. The van der Waals surface area contributed by atoms with Crippen LogP contribution in [-0.4, -0.2) is 30.4 Å². The number of nitrogens with one attached hydrogen (secondary N) is 2. The maximum Gasteiger partial charge on any atom is 0.261 e. The van der Waals surface area contributed by atoms with Crippen LogP contribution in [0.25, 0.3) is 10.9 Å². The first-order valence-corrected chi connectivity index (χ1v) is 11.3. The summed E-state index contributed by atoms with van der Waals surface area (Å²) < 4.78 is 28.7. The molecule has 3 aromatic rings. The van der Waals surface area contributed by atoms with Crippen LogP contribution in [0.15, 0.2) is 52.2 Å². The lowest BCUT2D eigenvalue weighted by molar-refractivity contribution is -0.115. The molecule has 0 fully saturated rings. The maximum atomic E-state index is 12.5. The number of aryl methyl sites for hydroxylation is 2. The van der Waals surface area contributed by atoms with E-state index in [9.17, 15) is 18.0 Å². The quantitative estimate of drug-likeness (QED) is 0.625. The van der Waals surface area contributed by atoms with Crippen molar-refractivity contribution in [2.45, 2.75) is 37.6 Å². The van der Waals surface area contributed by atoms with E-state index in [1.165, 1.54) is 12.1 Å². The minimum absolute atomic E-state index is 0.0766. The molecule has 0 radical (unpaired) electrons. The van der Waals surface area contributed by atoms with Crippen molar-refractivity contribution in [3.05, 3.63) is 64.2 Å². The number of hydrogen-bond donors (Lipinski definition) is 2. The largest absolute Gasteiger partial charge is 0.325 e. The van der Waals surface area contributed by atoms with E-state index in [4.69, 9.17) is 0 Å². The van der Waals surface area contributed by atoms with E-state index in [-0.39, 0.29) is 10.5 Å². The summed E-state index contributed by atoms with van der Waals surface area (Å²) in [6, 6.07) is 11.4. The van der Waals surface area contributed by atoms with Crippen LogP contribution in [0.3, 0.4) is 0 Å². The Hall–Kier alpha value is -3.04. The summed E-state index contributed by atoms with van der Waals surface area (Å²) in [7, 11) is -3.79. The SMILES string of the molecule is CCc1ccc(S(=O)(=O)NCC(=O)Nc2ccc3c(=O)n4c(nc3c2)CCC4)cc1. The molecule has 1 aliphatic heterocycles. The number of benzene rings is 2. The van der Waals surface area contributed by atoms with Gasteiger partial charge >= 0.3 is 0 Å². The first-order chi connectivity index (χ1) is 14.4. The minimum atomic E-state index is -3.79. The van der Waals surface area contributed by atoms with Gasteiger partial charge in [0.05, 0.1) is 22.3 Å². The summed E-state index contributed by atoms with van der Waals surface area (Å²) in [5.74, 6) is 0.235. The monoisotopic (exact) mass is 426 g/mol. The highest BCUT2D eigenvalue weighted by molar-refractivity contribution is 7.89. The zero-order valence-electron chi connectivity index (χ0n) is 16.5. The van der Waals surface area contributed by atoms with E-state index in [0.29, 0.717) is 23.1 Å². The Morgan fingerprint density at radius 1 is 1.17 bits per heavy atom. The van der Waals surface area contributed by atoms with Crippen LogP contribution in [0.4, 0.5) is 5.69 Å². The van der Waals surface area contributed by atoms with Crippen LogP contribution >= 0.6 is 0 Å². The molecule has 0 saturated heterocycles. The van der Waals surface area contributed by atoms with Gasteiger partial charge in [0.1, 0.15) is 5.82 Å². The highest BCUT2D eigenvalue weighted by Gasteiger charge is 2.18. The molecule has 8 nitrogen and oxygen atoms in total. The van der Waals surface area contributed by atoms with Crippen LogP contribution in [0.1, 0.15) is 24.7 Å². The van der Waals surface area contributed by atoms with Gasteiger partial charge < -0.3 is 5.32 Å². The van der Waals surface area contributed by atoms with E-state index in [1.54, 1.807) is 34.9 Å². The summed E-state index contributed by atoms with van der Waals surface area (Å²) in [4.78, 5) is 29.4. The number of nitrogens with zero attached hydrogens (tertiary/aromatic N) is 2. The molecule has 1 aliphatic rings. The maximum absolute atomic E-state index is 12.5. The molecule has 4 rings (SSSR count). The van der Waals surface area contributed by atoms with E-state index in [0.717, 1.165) is 30.7 Å². The number of carbonyl (C=O) groups is 1. The molecule has 1 aromatic heterocycles. The summed E-state index contributed by atoms with van der Waals surface area (Å²) in [5, 5.41) is 3.14. The molecule has 30 heavy (non-hydrogen) atoms. The molecule has 2 heterocycles. The predicted octanol–water partition coefficient (Wildman–Crippen LogP) is 1.82. The van der Waals surface area contributed by atoms with Gasteiger partial charge in [0, 0.05) is 18.7 Å². The Morgan fingerprint density at radius 2 is 1.93 bits per heavy atom. The Bertz CT molecular complexity index is 1280. The number of rotatable bonds is 6. The number of aromatic nitrogens is 2. The van der Waals surface area contributed by atoms with Crippen molar-refractivity contribution in [1.82, 2.24) is 14.3 Å². The van der Waals surface area contributed by atoms with Gasteiger partial charge in [0.25, 0.3) is 5.56 Å². The highest BCUT2D eigenvalue weighted by atomic mass is 32.2. The molecular weight excluding hydrogens is 404 g/mol. The lowest BCUT2D eigenvalue weighted by Gasteiger charge is -2.10. The molecule has 2 aromatic carbocycles. The molecule has 0 unspecified atom stereocenters.